The molecule has 6 heteroatoms. The number of rotatable bonds is 8. The van der Waals surface area contributed by atoms with Crippen LogP contribution >= 0.6 is 0 Å². The van der Waals surface area contributed by atoms with Crippen LogP contribution in [0.1, 0.15) is 30.4 Å². The summed E-state index contributed by atoms with van der Waals surface area (Å²) in [5.41, 5.74) is 1.92. The van der Waals surface area contributed by atoms with E-state index in [-0.39, 0.29) is 24.2 Å². The van der Waals surface area contributed by atoms with Crippen molar-refractivity contribution in [3.05, 3.63) is 72.1 Å². The zero-order valence-corrected chi connectivity index (χ0v) is 16.6. The fourth-order valence-corrected chi connectivity index (χ4v) is 3.03. The normalized spacial score (nSPS) is 11.7. The maximum absolute atomic E-state index is 12.5. The van der Waals surface area contributed by atoms with Gasteiger partial charge in [0.25, 0.3) is 0 Å². The average Bonchev–Trinajstić information content (AvgIpc) is 2.77. The Morgan fingerprint density at radius 2 is 1.72 bits per heavy atom. The third kappa shape index (κ3) is 5.54. The molecule has 2 amide bonds. The van der Waals surface area contributed by atoms with Crippen LogP contribution in [0.2, 0.25) is 0 Å². The van der Waals surface area contributed by atoms with E-state index in [2.05, 4.69) is 15.6 Å². The summed E-state index contributed by atoms with van der Waals surface area (Å²) in [6.07, 6.45) is 3.61. The van der Waals surface area contributed by atoms with Gasteiger partial charge in [-0.15, -0.1) is 0 Å². The van der Waals surface area contributed by atoms with E-state index >= 15 is 0 Å². The molecule has 0 bridgehead atoms. The number of aromatic nitrogens is 1. The smallest absolute Gasteiger partial charge is 0.227 e. The third-order valence-electron chi connectivity index (χ3n) is 4.86. The van der Waals surface area contributed by atoms with Crippen LogP contribution in [0.25, 0.3) is 10.8 Å². The topological polar surface area (TPSA) is 80.3 Å². The molecule has 3 rings (SSSR count). The molecule has 1 aromatic heterocycles. The van der Waals surface area contributed by atoms with Crippen LogP contribution in [0.4, 0.5) is 0 Å². The van der Waals surface area contributed by atoms with Gasteiger partial charge >= 0.3 is 0 Å². The summed E-state index contributed by atoms with van der Waals surface area (Å²) in [6.45, 7) is 2.62. The van der Waals surface area contributed by atoms with E-state index in [9.17, 15) is 9.59 Å². The summed E-state index contributed by atoms with van der Waals surface area (Å²) in [5, 5.41) is 7.80. The third-order valence-corrected chi connectivity index (χ3v) is 4.86. The van der Waals surface area contributed by atoms with Gasteiger partial charge in [0, 0.05) is 31.9 Å². The first-order valence-corrected chi connectivity index (χ1v) is 9.58. The van der Waals surface area contributed by atoms with E-state index in [1.54, 1.807) is 19.5 Å². The van der Waals surface area contributed by atoms with E-state index in [4.69, 9.17) is 4.74 Å². The van der Waals surface area contributed by atoms with Gasteiger partial charge in [-0.2, -0.15) is 0 Å². The molecule has 2 N–H and O–H groups in total. The summed E-state index contributed by atoms with van der Waals surface area (Å²) in [5.74, 6) is 0.300. The molecule has 0 aliphatic carbocycles. The van der Waals surface area contributed by atoms with E-state index in [1.165, 1.54) is 0 Å². The van der Waals surface area contributed by atoms with Crippen LogP contribution in [-0.4, -0.2) is 30.5 Å². The maximum Gasteiger partial charge on any atom is 0.227 e. The molecule has 0 fully saturated rings. The Balaban J connectivity index is 1.48. The average molecular weight is 391 g/mol. The number of hydrogen-bond donors (Lipinski definition) is 2. The van der Waals surface area contributed by atoms with Crippen molar-refractivity contribution >= 4 is 22.6 Å². The van der Waals surface area contributed by atoms with Gasteiger partial charge in [0.2, 0.25) is 11.8 Å². The Morgan fingerprint density at radius 1 is 1.00 bits per heavy atom. The van der Waals surface area contributed by atoms with Crippen LogP contribution in [0.15, 0.2) is 60.9 Å². The molecular formula is C23H25N3O3. The molecule has 29 heavy (non-hydrogen) atoms. The number of pyridine rings is 1. The second-order valence-corrected chi connectivity index (χ2v) is 6.87. The van der Waals surface area contributed by atoms with Crippen LogP contribution < -0.4 is 15.4 Å². The van der Waals surface area contributed by atoms with Gasteiger partial charge in [-0.25, -0.2) is 0 Å². The lowest BCUT2D eigenvalue weighted by Crippen LogP contribution is -2.32. The van der Waals surface area contributed by atoms with Gasteiger partial charge < -0.3 is 15.4 Å². The highest BCUT2D eigenvalue weighted by atomic mass is 16.5. The van der Waals surface area contributed by atoms with Gasteiger partial charge in [0.05, 0.1) is 13.0 Å². The number of benzene rings is 2. The lowest BCUT2D eigenvalue weighted by molar-refractivity contribution is -0.123. The zero-order chi connectivity index (χ0) is 20.6. The molecule has 0 saturated heterocycles. The SMILES string of the molecule is COc1ccc2cc([C@H](C)C(=O)NCCC(=O)NCc3ccncc3)ccc2c1. The number of hydrogen-bond acceptors (Lipinski definition) is 4. The van der Waals surface area contributed by atoms with Crippen molar-refractivity contribution in [2.45, 2.75) is 25.8 Å². The van der Waals surface area contributed by atoms with Gasteiger partial charge in [-0.1, -0.05) is 24.3 Å². The van der Waals surface area contributed by atoms with Gasteiger partial charge in [0.15, 0.2) is 0 Å². The van der Waals surface area contributed by atoms with Crippen molar-refractivity contribution in [1.82, 2.24) is 15.6 Å². The fourth-order valence-electron chi connectivity index (χ4n) is 3.03. The highest BCUT2D eigenvalue weighted by Crippen LogP contribution is 2.25. The number of methoxy groups -OCH3 is 1. The van der Waals surface area contributed by atoms with Crippen molar-refractivity contribution in [3.8, 4) is 5.75 Å². The summed E-state index contributed by atoms with van der Waals surface area (Å²) >= 11 is 0. The number of ether oxygens (including phenoxy) is 1. The highest BCUT2D eigenvalue weighted by Gasteiger charge is 2.15. The molecule has 1 heterocycles. The number of carbonyl (C=O) groups is 2. The van der Waals surface area contributed by atoms with E-state index in [0.29, 0.717) is 13.1 Å². The standard InChI is InChI=1S/C23H25N3O3/c1-16(18-3-4-20-14-21(29-2)6-5-19(20)13-18)23(28)25-12-9-22(27)26-15-17-7-10-24-11-8-17/h3-8,10-11,13-14,16H,9,12,15H2,1-2H3,(H,25,28)(H,26,27)/t16-/m0/s1. The van der Waals surface area contributed by atoms with Gasteiger partial charge in [0.1, 0.15) is 5.75 Å². The molecule has 1 atom stereocenters. The van der Waals surface area contributed by atoms with E-state index in [1.807, 2.05) is 55.5 Å². The first kappa shape index (κ1) is 20.3. The lowest BCUT2D eigenvalue weighted by atomic mass is 9.97. The maximum atomic E-state index is 12.5. The molecule has 150 valence electrons. The number of nitrogens with zero attached hydrogens (tertiary/aromatic N) is 1. The summed E-state index contributed by atoms with van der Waals surface area (Å²) in [7, 11) is 1.64. The van der Waals surface area contributed by atoms with Crippen molar-refractivity contribution < 1.29 is 14.3 Å². The molecule has 0 radical (unpaired) electrons. The van der Waals surface area contributed by atoms with Crippen molar-refractivity contribution in [2.75, 3.05) is 13.7 Å². The second-order valence-electron chi connectivity index (χ2n) is 6.87. The van der Waals surface area contributed by atoms with Crippen molar-refractivity contribution in [3.63, 3.8) is 0 Å². The molecule has 0 aliphatic rings. The fraction of sp³-hybridized carbons (Fsp3) is 0.261. The molecule has 2 aromatic carbocycles. The second kappa shape index (κ2) is 9.68. The Bertz CT molecular complexity index is 989. The Kier molecular flexibility index (Phi) is 6.79. The number of nitrogens with one attached hydrogen (secondary N) is 2. The first-order valence-electron chi connectivity index (χ1n) is 9.58. The predicted molar refractivity (Wildman–Crippen MR) is 113 cm³/mol. The van der Waals surface area contributed by atoms with Crippen molar-refractivity contribution in [2.24, 2.45) is 0 Å². The van der Waals surface area contributed by atoms with E-state index < -0.39 is 0 Å². The van der Waals surface area contributed by atoms with E-state index in [0.717, 1.165) is 27.6 Å². The zero-order valence-electron chi connectivity index (χ0n) is 16.6. The Labute approximate surface area is 170 Å². The monoisotopic (exact) mass is 391 g/mol. The quantitative estimate of drug-likeness (QED) is 0.618. The number of amides is 2. The molecule has 0 saturated carbocycles. The van der Waals surface area contributed by atoms with Crippen LogP contribution in [0.5, 0.6) is 5.75 Å². The molecule has 3 aromatic rings. The first-order chi connectivity index (χ1) is 14.1. The summed E-state index contributed by atoms with van der Waals surface area (Å²) in [4.78, 5) is 28.4. The highest BCUT2D eigenvalue weighted by molar-refractivity contribution is 5.88. The Morgan fingerprint density at radius 3 is 2.48 bits per heavy atom. The minimum absolute atomic E-state index is 0.0974. The van der Waals surface area contributed by atoms with Gasteiger partial charge in [-0.05, 0) is 53.1 Å². The van der Waals surface area contributed by atoms with Crippen LogP contribution in [0, 0.1) is 0 Å². The minimum atomic E-state index is -0.304. The van der Waals surface area contributed by atoms with Crippen molar-refractivity contribution in [1.29, 1.82) is 0 Å². The predicted octanol–water partition coefficient (Wildman–Crippen LogP) is 3.17. The molecular weight excluding hydrogens is 366 g/mol. The summed E-state index contributed by atoms with van der Waals surface area (Å²) < 4.78 is 5.24. The largest absolute Gasteiger partial charge is 0.497 e. The molecule has 0 unspecified atom stereocenters. The molecule has 0 spiro atoms. The number of carbonyl (C=O) groups excluding carboxylic acids is 2. The van der Waals surface area contributed by atoms with Crippen LogP contribution in [0.3, 0.4) is 0 Å². The van der Waals surface area contributed by atoms with Gasteiger partial charge in [-0.3, -0.25) is 14.6 Å². The minimum Gasteiger partial charge on any atom is -0.497 e. The molecule has 6 nitrogen and oxygen atoms in total. The Hall–Kier alpha value is -3.41. The molecule has 0 aliphatic heterocycles. The van der Waals surface area contributed by atoms with Crippen LogP contribution in [-0.2, 0) is 16.1 Å². The summed E-state index contributed by atoms with van der Waals surface area (Å²) in [6, 6.07) is 15.5. The number of fused-ring (bicyclic) bond motifs is 1. The lowest BCUT2D eigenvalue weighted by Gasteiger charge is -2.14.